The lowest BCUT2D eigenvalue weighted by Crippen LogP contribution is -2.48. The number of carbonyl (C=O) groups is 1. The summed E-state index contributed by atoms with van der Waals surface area (Å²) in [6, 6.07) is 3.40. The fourth-order valence-corrected chi connectivity index (χ4v) is 2.13. The summed E-state index contributed by atoms with van der Waals surface area (Å²) in [5, 5.41) is 0. The lowest BCUT2D eigenvalue weighted by molar-refractivity contribution is -0.0586. The standard InChI is InChI=1S/C12H18N4O2/c1-8-6-16(7-9(2)18-8)12(17)10-3-4-11(15-13)14-5-10/h3-5,8-9H,6-7,13H2,1-2H3,(H,14,15). The molecule has 1 amide bonds. The van der Waals surface area contributed by atoms with E-state index >= 15 is 0 Å². The Bertz CT molecular complexity index is 411. The summed E-state index contributed by atoms with van der Waals surface area (Å²) >= 11 is 0. The molecule has 0 aromatic carbocycles. The highest BCUT2D eigenvalue weighted by Crippen LogP contribution is 2.14. The molecule has 1 aromatic heterocycles. The number of hydrazine groups is 1. The summed E-state index contributed by atoms with van der Waals surface area (Å²) in [5.74, 6) is 5.75. The van der Waals surface area contributed by atoms with Gasteiger partial charge in [0.1, 0.15) is 5.82 Å². The number of pyridine rings is 1. The van der Waals surface area contributed by atoms with Crippen molar-refractivity contribution < 1.29 is 9.53 Å². The summed E-state index contributed by atoms with van der Waals surface area (Å²) in [6.45, 7) is 5.16. The van der Waals surface area contributed by atoms with E-state index in [1.165, 1.54) is 6.20 Å². The van der Waals surface area contributed by atoms with E-state index in [0.717, 1.165) is 0 Å². The van der Waals surface area contributed by atoms with Gasteiger partial charge in [-0.2, -0.15) is 0 Å². The summed E-state index contributed by atoms with van der Waals surface area (Å²) in [6.07, 6.45) is 1.66. The van der Waals surface area contributed by atoms with Crippen LogP contribution < -0.4 is 11.3 Å². The first-order valence-corrected chi connectivity index (χ1v) is 5.97. The van der Waals surface area contributed by atoms with Gasteiger partial charge in [-0.3, -0.25) is 4.79 Å². The molecule has 6 heteroatoms. The highest BCUT2D eigenvalue weighted by atomic mass is 16.5. The number of nitrogen functional groups attached to an aromatic ring is 1. The Balaban J connectivity index is 2.09. The van der Waals surface area contributed by atoms with Crippen molar-refractivity contribution in [1.82, 2.24) is 9.88 Å². The molecule has 18 heavy (non-hydrogen) atoms. The topological polar surface area (TPSA) is 80.5 Å². The molecule has 2 rings (SSSR count). The minimum Gasteiger partial charge on any atom is -0.372 e. The third-order valence-corrected chi connectivity index (χ3v) is 2.87. The van der Waals surface area contributed by atoms with Gasteiger partial charge in [-0.05, 0) is 26.0 Å². The molecule has 3 N–H and O–H groups in total. The number of carbonyl (C=O) groups excluding carboxylic acids is 1. The van der Waals surface area contributed by atoms with Gasteiger partial charge in [-0.15, -0.1) is 0 Å². The highest BCUT2D eigenvalue weighted by Gasteiger charge is 2.26. The van der Waals surface area contributed by atoms with Crippen LogP contribution in [0.2, 0.25) is 0 Å². The maximum atomic E-state index is 12.3. The highest BCUT2D eigenvalue weighted by molar-refractivity contribution is 5.94. The van der Waals surface area contributed by atoms with Gasteiger partial charge in [0, 0.05) is 19.3 Å². The number of aromatic nitrogens is 1. The zero-order valence-corrected chi connectivity index (χ0v) is 10.6. The Kier molecular flexibility index (Phi) is 3.78. The molecule has 1 fully saturated rings. The number of nitrogens with zero attached hydrogens (tertiary/aromatic N) is 2. The van der Waals surface area contributed by atoms with Gasteiger partial charge in [0.2, 0.25) is 0 Å². The Morgan fingerprint density at radius 1 is 1.44 bits per heavy atom. The number of nitrogens with two attached hydrogens (primary N) is 1. The molecule has 2 atom stereocenters. The van der Waals surface area contributed by atoms with Crippen LogP contribution in [0.15, 0.2) is 18.3 Å². The molecular formula is C12H18N4O2. The minimum atomic E-state index is -0.0203. The van der Waals surface area contributed by atoms with Crippen molar-refractivity contribution in [3.63, 3.8) is 0 Å². The number of morpholine rings is 1. The molecule has 6 nitrogen and oxygen atoms in total. The maximum Gasteiger partial charge on any atom is 0.255 e. The van der Waals surface area contributed by atoms with Crippen molar-refractivity contribution >= 4 is 11.7 Å². The number of nitrogens with one attached hydrogen (secondary N) is 1. The smallest absolute Gasteiger partial charge is 0.255 e. The Morgan fingerprint density at radius 3 is 2.61 bits per heavy atom. The van der Waals surface area contributed by atoms with Crippen LogP contribution >= 0.6 is 0 Å². The monoisotopic (exact) mass is 250 g/mol. The van der Waals surface area contributed by atoms with Gasteiger partial charge in [-0.1, -0.05) is 0 Å². The number of anilines is 1. The molecule has 0 radical (unpaired) electrons. The van der Waals surface area contributed by atoms with E-state index in [1.807, 2.05) is 13.8 Å². The first-order valence-electron chi connectivity index (χ1n) is 5.97. The van der Waals surface area contributed by atoms with Crippen LogP contribution in [-0.2, 0) is 4.74 Å². The first-order chi connectivity index (χ1) is 8.60. The Labute approximate surface area is 106 Å². The van der Waals surface area contributed by atoms with E-state index in [9.17, 15) is 4.79 Å². The third-order valence-electron chi connectivity index (χ3n) is 2.87. The van der Waals surface area contributed by atoms with Crippen LogP contribution in [-0.4, -0.2) is 41.1 Å². The van der Waals surface area contributed by atoms with Crippen molar-refractivity contribution in [2.45, 2.75) is 26.1 Å². The molecule has 0 bridgehead atoms. The summed E-state index contributed by atoms with van der Waals surface area (Å²) in [7, 11) is 0. The largest absolute Gasteiger partial charge is 0.372 e. The first kappa shape index (κ1) is 12.8. The van der Waals surface area contributed by atoms with Crippen molar-refractivity contribution in [1.29, 1.82) is 0 Å². The zero-order valence-electron chi connectivity index (χ0n) is 10.6. The molecule has 2 heterocycles. The second kappa shape index (κ2) is 5.32. The Morgan fingerprint density at radius 2 is 2.11 bits per heavy atom. The molecule has 1 aromatic rings. The predicted molar refractivity (Wildman–Crippen MR) is 68.0 cm³/mol. The van der Waals surface area contributed by atoms with Crippen LogP contribution in [0, 0.1) is 0 Å². The van der Waals surface area contributed by atoms with Crippen LogP contribution in [0.4, 0.5) is 5.82 Å². The zero-order chi connectivity index (χ0) is 13.1. The second-order valence-corrected chi connectivity index (χ2v) is 4.54. The molecule has 0 aliphatic carbocycles. The van der Waals surface area contributed by atoms with Crippen molar-refractivity contribution in [3.05, 3.63) is 23.9 Å². The molecule has 1 aliphatic rings. The van der Waals surface area contributed by atoms with Crippen molar-refractivity contribution in [2.24, 2.45) is 5.84 Å². The lowest BCUT2D eigenvalue weighted by atomic mass is 10.2. The van der Waals surface area contributed by atoms with Gasteiger partial charge < -0.3 is 15.1 Å². The van der Waals surface area contributed by atoms with Gasteiger partial charge >= 0.3 is 0 Å². The van der Waals surface area contributed by atoms with E-state index < -0.39 is 0 Å². The summed E-state index contributed by atoms with van der Waals surface area (Å²) < 4.78 is 5.60. The summed E-state index contributed by atoms with van der Waals surface area (Å²) in [4.78, 5) is 18.1. The number of hydrogen-bond acceptors (Lipinski definition) is 5. The van der Waals surface area contributed by atoms with Gasteiger partial charge in [0.15, 0.2) is 0 Å². The molecular weight excluding hydrogens is 232 g/mol. The molecule has 1 saturated heterocycles. The number of rotatable bonds is 2. The third kappa shape index (κ3) is 2.77. The molecule has 1 aliphatic heterocycles. The normalized spacial score (nSPS) is 23.8. The number of hydrogen-bond donors (Lipinski definition) is 2. The molecule has 0 saturated carbocycles. The fraction of sp³-hybridized carbons (Fsp3) is 0.500. The van der Waals surface area contributed by atoms with Crippen LogP contribution in [0.25, 0.3) is 0 Å². The van der Waals surface area contributed by atoms with E-state index in [2.05, 4.69) is 10.4 Å². The van der Waals surface area contributed by atoms with Crippen molar-refractivity contribution in [3.8, 4) is 0 Å². The number of amides is 1. The van der Waals surface area contributed by atoms with E-state index in [4.69, 9.17) is 10.6 Å². The van der Waals surface area contributed by atoms with Crippen LogP contribution in [0.1, 0.15) is 24.2 Å². The predicted octanol–water partition coefficient (Wildman–Crippen LogP) is 0.617. The maximum absolute atomic E-state index is 12.3. The quantitative estimate of drug-likeness (QED) is 0.594. The van der Waals surface area contributed by atoms with Gasteiger partial charge in [0.25, 0.3) is 5.91 Å². The fourth-order valence-electron chi connectivity index (χ4n) is 2.13. The summed E-state index contributed by atoms with van der Waals surface area (Å²) in [5.41, 5.74) is 3.00. The van der Waals surface area contributed by atoms with Crippen LogP contribution in [0.3, 0.4) is 0 Å². The van der Waals surface area contributed by atoms with E-state index in [1.54, 1.807) is 17.0 Å². The second-order valence-electron chi connectivity index (χ2n) is 4.54. The van der Waals surface area contributed by atoms with Gasteiger partial charge in [-0.25, -0.2) is 10.8 Å². The molecule has 98 valence electrons. The number of ether oxygens (including phenoxy) is 1. The minimum absolute atomic E-state index is 0.0203. The van der Waals surface area contributed by atoms with E-state index in [0.29, 0.717) is 24.5 Å². The van der Waals surface area contributed by atoms with E-state index in [-0.39, 0.29) is 18.1 Å². The van der Waals surface area contributed by atoms with Crippen LogP contribution in [0.5, 0.6) is 0 Å². The van der Waals surface area contributed by atoms with Crippen molar-refractivity contribution in [2.75, 3.05) is 18.5 Å². The lowest BCUT2D eigenvalue weighted by Gasteiger charge is -2.35. The average Bonchev–Trinajstić information content (AvgIpc) is 2.37. The molecule has 0 spiro atoms. The van der Waals surface area contributed by atoms with Gasteiger partial charge in [0.05, 0.1) is 17.8 Å². The Hall–Kier alpha value is -1.66. The molecule has 2 unspecified atom stereocenters. The average molecular weight is 250 g/mol. The SMILES string of the molecule is CC1CN(C(=O)c2ccc(NN)nc2)CC(C)O1.